The van der Waals surface area contributed by atoms with E-state index in [1.807, 2.05) is 27.7 Å². The van der Waals surface area contributed by atoms with Crippen molar-refractivity contribution in [3.05, 3.63) is 47.5 Å². The molecule has 0 fully saturated rings. The van der Waals surface area contributed by atoms with Crippen LogP contribution < -0.4 is 14.4 Å². The van der Waals surface area contributed by atoms with Crippen LogP contribution in [0.4, 0.5) is 11.4 Å². The van der Waals surface area contributed by atoms with Crippen molar-refractivity contribution >= 4 is 38.9 Å². The van der Waals surface area contributed by atoms with Crippen LogP contribution in [0.25, 0.3) is 0 Å². The van der Waals surface area contributed by atoms with Gasteiger partial charge in [0, 0.05) is 11.6 Å². The fourth-order valence-corrected chi connectivity index (χ4v) is 4.45. The molecule has 0 atom stereocenters. The Morgan fingerprint density at radius 1 is 1.21 bits per heavy atom. The molecule has 0 unspecified atom stereocenters. The first-order chi connectivity index (χ1) is 13.5. The predicted molar refractivity (Wildman–Crippen MR) is 115 cm³/mol. The second-order valence-corrected chi connectivity index (χ2v) is 10.3. The molecule has 1 heterocycles. The molecule has 0 bridgehead atoms. The average molecular weight is 437 g/mol. The van der Waals surface area contributed by atoms with Crippen LogP contribution in [-0.4, -0.2) is 27.5 Å². The molecule has 0 saturated heterocycles. The molecule has 156 valence electrons. The van der Waals surface area contributed by atoms with Gasteiger partial charge in [-0.3, -0.25) is 9.52 Å². The molecule has 1 aliphatic heterocycles. The Balaban J connectivity index is 2.00. The van der Waals surface area contributed by atoms with Gasteiger partial charge in [0.05, 0.1) is 21.7 Å². The standard InChI is InChI=1S/C21H25ClN2O4S/c1-14(2)12-24-18-11-16(8-9-19(18)28-13-21(3,4)20(24)25)23-29(26,27)17-7-5-6-15(22)10-17/h5-11,14,23H,12-13H2,1-4H3. The Hall–Kier alpha value is -2.25. The lowest BCUT2D eigenvalue weighted by Gasteiger charge is -2.29. The number of rotatable bonds is 5. The zero-order chi connectivity index (χ0) is 21.4. The highest BCUT2D eigenvalue weighted by Crippen LogP contribution is 2.39. The smallest absolute Gasteiger partial charge is 0.261 e. The molecule has 8 heteroatoms. The molecule has 0 saturated carbocycles. The van der Waals surface area contributed by atoms with E-state index in [1.54, 1.807) is 35.2 Å². The van der Waals surface area contributed by atoms with Crippen molar-refractivity contribution < 1.29 is 17.9 Å². The van der Waals surface area contributed by atoms with Crippen molar-refractivity contribution in [1.82, 2.24) is 0 Å². The number of nitrogens with zero attached hydrogens (tertiary/aromatic N) is 1. The van der Waals surface area contributed by atoms with Crippen molar-refractivity contribution in [2.24, 2.45) is 11.3 Å². The number of carbonyl (C=O) groups is 1. The van der Waals surface area contributed by atoms with Crippen LogP contribution in [0.5, 0.6) is 5.75 Å². The van der Waals surface area contributed by atoms with Crippen molar-refractivity contribution in [2.45, 2.75) is 32.6 Å². The summed E-state index contributed by atoms with van der Waals surface area (Å²) in [7, 11) is -3.83. The van der Waals surface area contributed by atoms with Crippen LogP contribution >= 0.6 is 11.6 Å². The number of hydrogen-bond donors (Lipinski definition) is 1. The number of anilines is 2. The Labute approximate surface area is 176 Å². The summed E-state index contributed by atoms with van der Waals surface area (Å²) < 4.78 is 33.9. The highest BCUT2D eigenvalue weighted by molar-refractivity contribution is 7.92. The van der Waals surface area contributed by atoms with Gasteiger partial charge in [-0.05, 0) is 56.2 Å². The summed E-state index contributed by atoms with van der Waals surface area (Å²) in [5, 5.41) is 0.333. The van der Waals surface area contributed by atoms with Gasteiger partial charge in [0.2, 0.25) is 5.91 Å². The lowest BCUT2D eigenvalue weighted by molar-refractivity contribution is -0.127. The summed E-state index contributed by atoms with van der Waals surface area (Å²) >= 11 is 5.92. The van der Waals surface area contributed by atoms with Gasteiger partial charge in [0.25, 0.3) is 10.0 Å². The fraction of sp³-hybridized carbons (Fsp3) is 0.381. The van der Waals surface area contributed by atoms with Gasteiger partial charge in [0.15, 0.2) is 0 Å². The molecule has 0 aromatic heterocycles. The van der Waals surface area contributed by atoms with Gasteiger partial charge < -0.3 is 9.64 Å². The maximum absolute atomic E-state index is 13.1. The third kappa shape index (κ3) is 4.67. The van der Waals surface area contributed by atoms with E-state index in [2.05, 4.69) is 4.72 Å². The molecule has 0 aliphatic carbocycles. The average Bonchev–Trinajstić information content (AvgIpc) is 2.72. The highest BCUT2D eigenvalue weighted by atomic mass is 35.5. The first-order valence-electron chi connectivity index (χ1n) is 9.37. The number of halogens is 1. The van der Waals surface area contributed by atoms with Crippen LogP contribution in [0.2, 0.25) is 5.02 Å². The summed E-state index contributed by atoms with van der Waals surface area (Å²) in [5.41, 5.74) is 0.211. The molecule has 1 N–H and O–H groups in total. The van der Waals surface area contributed by atoms with Crippen LogP contribution in [0, 0.1) is 11.3 Å². The van der Waals surface area contributed by atoms with Crippen molar-refractivity contribution in [1.29, 1.82) is 0 Å². The molecule has 3 rings (SSSR count). The topological polar surface area (TPSA) is 75.7 Å². The Bertz CT molecular complexity index is 1030. The Morgan fingerprint density at radius 3 is 2.59 bits per heavy atom. The van der Waals surface area contributed by atoms with Gasteiger partial charge in [-0.1, -0.05) is 31.5 Å². The maximum Gasteiger partial charge on any atom is 0.261 e. The summed E-state index contributed by atoms with van der Waals surface area (Å²) in [4.78, 5) is 14.9. The molecule has 2 aromatic carbocycles. The molecule has 1 amide bonds. The molecule has 0 spiro atoms. The number of fused-ring (bicyclic) bond motifs is 1. The quantitative estimate of drug-likeness (QED) is 0.746. The van der Waals surface area contributed by atoms with Crippen molar-refractivity contribution in [3.8, 4) is 5.75 Å². The molecule has 0 radical (unpaired) electrons. The van der Waals surface area contributed by atoms with Gasteiger partial charge in [-0.2, -0.15) is 0 Å². The number of benzene rings is 2. The predicted octanol–water partition coefficient (Wildman–Crippen LogP) is 4.55. The monoisotopic (exact) mass is 436 g/mol. The van der Waals surface area contributed by atoms with E-state index in [0.29, 0.717) is 28.7 Å². The fourth-order valence-electron chi connectivity index (χ4n) is 3.10. The van der Waals surface area contributed by atoms with Crippen LogP contribution in [0.15, 0.2) is 47.4 Å². The lowest BCUT2D eigenvalue weighted by atomic mass is 9.92. The summed E-state index contributed by atoms with van der Waals surface area (Å²) in [5.74, 6) is 0.725. The molecule has 2 aromatic rings. The SMILES string of the molecule is CC(C)CN1C(=O)C(C)(C)COc2ccc(NS(=O)(=O)c3cccc(Cl)c3)cc21. The zero-order valence-corrected chi connectivity index (χ0v) is 18.5. The van der Waals surface area contributed by atoms with E-state index in [4.69, 9.17) is 16.3 Å². The van der Waals surface area contributed by atoms with Crippen LogP contribution in [-0.2, 0) is 14.8 Å². The second kappa shape index (κ2) is 7.88. The minimum absolute atomic E-state index is 0.0557. The van der Waals surface area contributed by atoms with E-state index in [9.17, 15) is 13.2 Å². The normalized spacial score (nSPS) is 16.2. The molecular formula is C21H25ClN2O4S. The van der Waals surface area contributed by atoms with Gasteiger partial charge in [-0.15, -0.1) is 0 Å². The number of carbonyl (C=O) groups excluding carboxylic acids is 1. The molecule has 6 nitrogen and oxygen atoms in total. The zero-order valence-electron chi connectivity index (χ0n) is 16.9. The van der Waals surface area contributed by atoms with Crippen molar-refractivity contribution in [2.75, 3.05) is 22.8 Å². The summed E-state index contributed by atoms with van der Waals surface area (Å²) in [6, 6.07) is 11.0. The van der Waals surface area contributed by atoms with Crippen LogP contribution in [0.3, 0.4) is 0 Å². The second-order valence-electron chi connectivity index (χ2n) is 8.23. The number of nitrogens with one attached hydrogen (secondary N) is 1. The van der Waals surface area contributed by atoms with Gasteiger partial charge >= 0.3 is 0 Å². The van der Waals surface area contributed by atoms with E-state index < -0.39 is 15.4 Å². The first-order valence-corrected chi connectivity index (χ1v) is 11.2. The third-order valence-corrected chi connectivity index (χ3v) is 6.18. The van der Waals surface area contributed by atoms with E-state index in [-0.39, 0.29) is 23.3 Å². The number of sulfonamides is 1. The van der Waals surface area contributed by atoms with E-state index >= 15 is 0 Å². The lowest BCUT2D eigenvalue weighted by Crippen LogP contribution is -2.43. The Kier molecular flexibility index (Phi) is 5.83. The minimum atomic E-state index is -3.83. The molecule has 1 aliphatic rings. The number of amides is 1. The first kappa shape index (κ1) is 21.5. The molecular weight excluding hydrogens is 412 g/mol. The Morgan fingerprint density at radius 2 is 1.93 bits per heavy atom. The van der Waals surface area contributed by atoms with Gasteiger partial charge in [0.1, 0.15) is 12.4 Å². The third-order valence-electron chi connectivity index (χ3n) is 4.57. The molecule has 29 heavy (non-hydrogen) atoms. The number of hydrogen-bond acceptors (Lipinski definition) is 4. The highest BCUT2D eigenvalue weighted by Gasteiger charge is 2.38. The van der Waals surface area contributed by atoms with Crippen LogP contribution in [0.1, 0.15) is 27.7 Å². The number of ether oxygens (including phenoxy) is 1. The summed E-state index contributed by atoms with van der Waals surface area (Å²) in [6.07, 6.45) is 0. The summed E-state index contributed by atoms with van der Waals surface area (Å²) in [6.45, 7) is 8.49. The van der Waals surface area contributed by atoms with E-state index in [0.717, 1.165) is 0 Å². The largest absolute Gasteiger partial charge is 0.490 e. The minimum Gasteiger partial charge on any atom is -0.490 e. The van der Waals surface area contributed by atoms with Crippen molar-refractivity contribution in [3.63, 3.8) is 0 Å². The maximum atomic E-state index is 13.1. The van der Waals surface area contributed by atoms with E-state index in [1.165, 1.54) is 12.1 Å². The van der Waals surface area contributed by atoms with Gasteiger partial charge in [-0.25, -0.2) is 8.42 Å².